The molecule has 0 N–H and O–H groups in total. The molecule has 0 atom stereocenters. The van der Waals surface area contributed by atoms with Gasteiger partial charge < -0.3 is 4.74 Å². The van der Waals surface area contributed by atoms with Crippen molar-refractivity contribution in [1.82, 2.24) is 4.98 Å². The Morgan fingerprint density at radius 2 is 1.89 bits per heavy atom. The molecule has 0 amide bonds. The van der Waals surface area contributed by atoms with E-state index in [0.29, 0.717) is 27.8 Å². The van der Waals surface area contributed by atoms with E-state index in [-0.39, 0.29) is 6.61 Å². The first-order valence-corrected chi connectivity index (χ1v) is 5.93. The van der Waals surface area contributed by atoms with E-state index in [0.717, 1.165) is 5.56 Å². The number of halogens is 2. The minimum atomic E-state index is 0.251. The number of hydrogen-bond acceptors (Lipinski definition) is 3. The zero-order chi connectivity index (χ0) is 13.0. The highest BCUT2D eigenvalue weighted by atomic mass is 35.5. The second kappa shape index (κ2) is 5.85. The van der Waals surface area contributed by atoms with Crippen molar-refractivity contribution in [3.05, 3.63) is 57.8 Å². The number of pyridine rings is 1. The predicted octanol–water partition coefficient (Wildman–Crippen LogP) is 3.78. The van der Waals surface area contributed by atoms with Crippen LogP contribution < -0.4 is 4.74 Å². The summed E-state index contributed by atoms with van der Waals surface area (Å²) in [4.78, 5) is 14.3. The van der Waals surface area contributed by atoms with Gasteiger partial charge >= 0.3 is 0 Å². The molecule has 5 heteroatoms. The number of aromatic nitrogens is 1. The molecule has 0 spiro atoms. The fraction of sp³-hybridized carbons (Fsp3) is 0.0769. The molecule has 0 fully saturated rings. The summed E-state index contributed by atoms with van der Waals surface area (Å²) in [6.07, 6.45) is 2.16. The maximum Gasteiger partial charge on any atom is 0.168 e. The monoisotopic (exact) mass is 281 g/mol. The lowest BCUT2D eigenvalue weighted by Crippen LogP contribution is -1.98. The molecular formula is C13H9Cl2NO2. The largest absolute Gasteiger partial charge is 0.487 e. The summed E-state index contributed by atoms with van der Waals surface area (Å²) in [6.45, 7) is 0.251. The van der Waals surface area contributed by atoms with Crippen molar-refractivity contribution in [2.45, 2.75) is 6.61 Å². The Balaban J connectivity index is 2.09. The molecule has 1 aromatic carbocycles. The standard InChI is InChI=1S/C13H9Cl2NO2/c14-12-2-1-3-13(15)11(12)8-18-10-5-4-9(7-17)16-6-10/h1-7H,8H2. The molecule has 0 radical (unpaired) electrons. The smallest absolute Gasteiger partial charge is 0.168 e. The van der Waals surface area contributed by atoms with Gasteiger partial charge in [-0.05, 0) is 24.3 Å². The molecule has 2 rings (SSSR count). The van der Waals surface area contributed by atoms with Gasteiger partial charge in [0.25, 0.3) is 0 Å². The van der Waals surface area contributed by atoms with Crippen LogP contribution in [0.25, 0.3) is 0 Å². The van der Waals surface area contributed by atoms with Crippen molar-refractivity contribution in [1.29, 1.82) is 0 Å². The minimum absolute atomic E-state index is 0.251. The van der Waals surface area contributed by atoms with Crippen LogP contribution in [0.2, 0.25) is 10.0 Å². The summed E-state index contributed by atoms with van der Waals surface area (Å²) in [5.74, 6) is 0.552. The average Bonchev–Trinajstić information content (AvgIpc) is 2.39. The maximum atomic E-state index is 10.4. The SMILES string of the molecule is O=Cc1ccc(OCc2c(Cl)cccc2Cl)cn1. The summed E-state index contributed by atoms with van der Waals surface area (Å²) in [5, 5.41) is 1.11. The van der Waals surface area contributed by atoms with Crippen LogP contribution in [0.3, 0.4) is 0 Å². The lowest BCUT2D eigenvalue weighted by Gasteiger charge is -2.09. The molecule has 0 saturated carbocycles. The van der Waals surface area contributed by atoms with E-state index in [1.54, 1.807) is 30.3 Å². The summed E-state index contributed by atoms with van der Waals surface area (Å²) in [7, 11) is 0. The Labute approximate surface area is 114 Å². The van der Waals surface area contributed by atoms with Gasteiger partial charge in [-0.1, -0.05) is 29.3 Å². The second-order valence-corrected chi connectivity index (χ2v) is 4.34. The lowest BCUT2D eigenvalue weighted by molar-refractivity contribution is 0.111. The van der Waals surface area contributed by atoms with E-state index in [4.69, 9.17) is 27.9 Å². The Morgan fingerprint density at radius 1 is 1.17 bits per heavy atom. The molecular weight excluding hydrogens is 273 g/mol. The molecule has 0 unspecified atom stereocenters. The molecule has 1 heterocycles. The topological polar surface area (TPSA) is 39.2 Å². The highest BCUT2D eigenvalue weighted by molar-refractivity contribution is 6.35. The number of ether oxygens (including phenoxy) is 1. The van der Waals surface area contributed by atoms with Crippen LogP contribution >= 0.6 is 23.2 Å². The Kier molecular flexibility index (Phi) is 4.18. The van der Waals surface area contributed by atoms with Crippen molar-refractivity contribution in [2.24, 2.45) is 0 Å². The van der Waals surface area contributed by atoms with Crippen LogP contribution in [0.4, 0.5) is 0 Å². The van der Waals surface area contributed by atoms with Crippen LogP contribution in [0, 0.1) is 0 Å². The molecule has 92 valence electrons. The van der Waals surface area contributed by atoms with Crippen LogP contribution in [0.15, 0.2) is 36.5 Å². The lowest BCUT2D eigenvalue weighted by atomic mass is 10.2. The molecule has 3 nitrogen and oxygen atoms in total. The van der Waals surface area contributed by atoms with E-state index in [2.05, 4.69) is 4.98 Å². The van der Waals surface area contributed by atoms with E-state index in [9.17, 15) is 4.79 Å². The minimum Gasteiger partial charge on any atom is -0.487 e. The number of aldehydes is 1. The summed E-state index contributed by atoms with van der Waals surface area (Å²) < 4.78 is 5.51. The fourth-order valence-electron chi connectivity index (χ4n) is 1.37. The highest BCUT2D eigenvalue weighted by Gasteiger charge is 2.06. The van der Waals surface area contributed by atoms with Gasteiger partial charge in [0.15, 0.2) is 6.29 Å². The first-order valence-electron chi connectivity index (χ1n) is 5.17. The molecule has 0 aliphatic rings. The molecule has 18 heavy (non-hydrogen) atoms. The molecule has 0 aliphatic heterocycles. The molecule has 1 aromatic heterocycles. The molecule has 0 bridgehead atoms. The number of carbonyl (C=O) groups excluding carboxylic acids is 1. The third-order valence-electron chi connectivity index (χ3n) is 2.32. The zero-order valence-electron chi connectivity index (χ0n) is 9.27. The first-order chi connectivity index (χ1) is 8.70. The maximum absolute atomic E-state index is 10.4. The number of carbonyl (C=O) groups is 1. The van der Waals surface area contributed by atoms with Crippen LogP contribution in [-0.4, -0.2) is 11.3 Å². The van der Waals surface area contributed by atoms with Crippen molar-refractivity contribution >= 4 is 29.5 Å². The van der Waals surface area contributed by atoms with Gasteiger partial charge in [0.05, 0.1) is 6.20 Å². The normalized spacial score (nSPS) is 10.1. The van der Waals surface area contributed by atoms with Gasteiger partial charge in [0.2, 0.25) is 0 Å². The van der Waals surface area contributed by atoms with Crippen molar-refractivity contribution < 1.29 is 9.53 Å². The number of benzene rings is 1. The zero-order valence-corrected chi connectivity index (χ0v) is 10.8. The van der Waals surface area contributed by atoms with Gasteiger partial charge in [0, 0.05) is 15.6 Å². The van der Waals surface area contributed by atoms with Gasteiger partial charge in [0.1, 0.15) is 18.1 Å². The van der Waals surface area contributed by atoms with E-state index in [1.165, 1.54) is 6.20 Å². The van der Waals surface area contributed by atoms with Crippen molar-refractivity contribution in [3.8, 4) is 5.75 Å². The summed E-state index contributed by atoms with van der Waals surface area (Å²) in [6, 6.07) is 8.52. The van der Waals surface area contributed by atoms with Gasteiger partial charge in [-0.3, -0.25) is 4.79 Å². The first kappa shape index (κ1) is 12.9. The van der Waals surface area contributed by atoms with Crippen LogP contribution in [0.1, 0.15) is 16.1 Å². The van der Waals surface area contributed by atoms with E-state index in [1.807, 2.05) is 0 Å². The molecule has 0 aliphatic carbocycles. The number of nitrogens with zero attached hydrogens (tertiary/aromatic N) is 1. The second-order valence-electron chi connectivity index (χ2n) is 3.53. The van der Waals surface area contributed by atoms with E-state index >= 15 is 0 Å². The van der Waals surface area contributed by atoms with Crippen molar-refractivity contribution in [3.63, 3.8) is 0 Å². The Morgan fingerprint density at radius 3 is 2.44 bits per heavy atom. The van der Waals surface area contributed by atoms with Crippen molar-refractivity contribution in [2.75, 3.05) is 0 Å². The molecule has 0 saturated heterocycles. The predicted molar refractivity (Wildman–Crippen MR) is 70.4 cm³/mol. The van der Waals surface area contributed by atoms with Gasteiger partial charge in [-0.25, -0.2) is 4.98 Å². The number of hydrogen-bond donors (Lipinski definition) is 0. The highest BCUT2D eigenvalue weighted by Crippen LogP contribution is 2.25. The number of rotatable bonds is 4. The van der Waals surface area contributed by atoms with Gasteiger partial charge in [-0.2, -0.15) is 0 Å². The Bertz CT molecular complexity index is 535. The van der Waals surface area contributed by atoms with Crippen LogP contribution in [0.5, 0.6) is 5.75 Å². The quantitative estimate of drug-likeness (QED) is 0.801. The summed E-state index contributed by atoms with van der Waals surface area (Å²) in [5.41, 5.74) is 1.08. The van der Waals surface area contributed by atoms with Gasteiger partial charge in [-0.15, -0.1) is 0 Å². The fourth-order valence-corrected chi connectivity index (χ4v) is 1.88. The summed E-state index contributed by atoms with van der Waals surface area (Å²) >= 11 is 12.0. The van der Waals surface area contributed by atoms with E-state index < -0.39 is 0 Å². The third-order valence-corrected chi connectivity index (χ3v) is 3.03. The average molecular weight is 282 g/mol. The van der Waals surface area contributed by atoms with Crippen LogP contribution in [-0.2, 0) is 6.61 Å². The molecule has 2 aromatic rings. The third kappa shape index (κ3) is 3.00. The Hall–Kier alpha value is -1.58.